The van der Waals surface area contributed by atoms with Crippen LogP contribution < -0.4 is 5.32 Å². The molecule has 0 aromatic rings. The molecule has 19 heavy (non-hydrogen) atoms. The van der Waals surface area contributed by atoms with Crippen molar-refractivity contribution in [2.45, 2.75) is 12.2 Å². The van der Waals surface area contributed by atoms with Gasteiger partial charge < -0.3 is 10.4 Å². The molecule has 102 valence electrons. The lowest BCUT2D eigenvalue weighted by molar-refractivity contribution is -0.617. The highest BCUT2D eigenvalue weighted by Gasteiger charge is 3.05. The maximum atomic E-state index is 12.3. The van der Waals surface area contributed by atoms with E-state index >= 15 is 0 Å². The number of hydrogen-bond donors (Lipinski definition) is 2. The monoisotopic (exact) mass is 273 g/mol. The minimum atomic E-state index is -5.02. The highest BCUT2D eigenvalue weighted by molar-refractivity contribution is 5.88. The Labute approximate surface area is 105 Å². The van der Waals surface area contributed by atoms with E-state index < -0.39 is 29.5 Å². The van der Waals surface area contributed by atoms with Gasteiger partial charge in [-0.25, -0.2) is 4.79 Å². The number of carboxylic acid groups (broad SMARTS) is 1. The molecule has 6 saturated carbocycles. The van der Waals surface area contributed by atoms with Crippen molar-refractivity contribution in [1.29, 1.82) is 0 Å². The highest BCUT2D eigenvalue weighted by atomic mass is 19.4. The number of aliphatic carboxylic acids is 1. The average Bonchev–Trinajstić information content (AvgIpc) is 2.34. The summed E-state index contributed by atoms with van der Waals surface area (Å²) < 4.78 is 36.9. The number of hydrogen-bond acceptors (Lipinski definition) is 2. The molecule has 0 radical (unpaired) electrons. The first-order valence-electron chi connectivity index (χ1n) is 6.43. The predicted molar refractivity (Wildman–Crippen MR) is 52.5 cm³/mol. The summed E-state index contributed by atoms with van der Waals surface area (Å²) >= 11 is 0. The van der Waals surface area contributed by atoms with Crippen molar-refractivity contribution in [2.75, 3.05) is 0 Å². The van der Waals surface area contributed by atoms with Gasteiger partial charge in [0.25, 0.3) is 0 Å². The van der Waals surface area contributed by atoms with E-state index in [9.17, 15) is 27.9 Å². The van der Waals surface area contributed by atoms with Crippen LogP contribution in [0.2, 0.25) is 0 Å². The maximum Gasteiger partial charge on any atom is 0.471 e. The molecule has 6 aliphatic rings. The van der Waals surface area contributed by atoms with E-state index in [1.54, 1.807) is 5.32 Å². The summed E-state index contributed by atoms with van der Waals surface area (Å²) in [7, 11) is 0. The Morgan fingerprint density at radius 1 is 1.05 bits per heavy atom. The van der Waals surface area contributed by atoms with Crippen LogP contribution in [0.15, 0.2) is 0 Å². The SMILES string of the molecule is O=C(O)C(NC(=O)C(F)(F)F)C12C3C4C5C3C1C5C42. The molecular formula is C12H10F3NO3. The summed E-state index contributed by atoms with van der Waals surface area (Å²) in [6.45, 7) is 0. The van der Waals surface area contributed by atoms with E-state index in [1.807, 2.05) is 0 Å². The summed E-state index contributed by atoms with van der Waals surface area (Å²) in [6, 6.07) is -1.35. The molecule has 6 fully saturated rings. The van der Waals surface area contributed by atoms with E-state index in [2.05, 4.69) is 0 Å². The molecule has 4 nitrogen and oxygen atoms in total. The maximum absolute atomic E-state index is 12.3. The lowest BCUT2D eigenvalue weighted by Crippen LogP contribution is -3.08. The fourth-order valence-corrected chi connectivity index (χ4v) is 6.71. The standard InChI is InChI=1S/C12H10F3NO3/c13-12(14,15)10(19)16-8(9(17)18)11-5-2-1-3(5)7(11)4(1)6(2)11/h1-8H,(H,16,19)(H,17,18). The third-order valence-electron chi connectivity index (χ3n) is 6.83. The van der Waals surface area contributed by atoms with E-state index in [0.717, 1.165) is 5.92 Å². The van der Waals surface area contributed by atoms with Gasteiger partial charge in [-0.2, -0.15) is 13.2 Å². The third-order valence-corrected chi connectivity index (χ3v) is 6.83. The van der Waals surface area contributed by atoms with Crippen LogP contribution in [0.3, 0.4) is 0 Å². The molecule has 0 aromatic carbocycles. The van der Waals surface area contributed by atoms with E-state index in [1.165, 1.54) is 0 Å². The molecule has 0 aliphatic heterocycles. The van der Waals surface area contributed by atoms with Crippen molar-refractivity contribution in [3.63, 3.8) is 0 Å². The van der Waals surface area contributed by atoms with Crippen molar-refractivity contribution in [3.8, 4) is 0 Å². The molecule has 1 atom stereocenters. The van der Waals surface area contributed by atoms with Crippen molar-refractivity contribution in [3.05, 3.63) is 0 Å². The number of halogens is 3. The molecule has 0 bridgehead atoms. The van der Waals surface area contributed by atoms with E-state index in [4.69, 9.17) is 0 Å². The Morgan fingerprint density at radius 2 is 1.53 bits per heavy atom. The smallest absolute Gasteiger partial charge is 0.471 e. The Kier molecular flexibility index (Phi) is 1.31. The first-order valence-corrected chi connectivity index (χ1v) is 6.43. The lowest BCUT2D eigenvalue weighted by Gasteiger charge is -3.08. The number of carbonyl (C=O) groups is 2. The van der Waals surface area contributed by atoms with Crippen LogP contribution in [0, 0.1) is 46.8 Å². The second-order valence-electron chi connectivity index (χ2n) is 6.63. The Bertz CT molecular complexity index is 506. The van der Waals surface area contributed by atoms with Gasteiger partial charge in [0.15, 0.2) is 0 Å². The second kappa shape index (κ2) is 2.38. The van der Waals surface area contributed by atoms with Gasteiger partial charge in [0.05, 0.1) is 0 Å². The molecule has 0 heterocycles. The molecule has 6 rings (SSSR count). The number of amides is 1. The number of alkyl halides is 3. The van der Waals surface area contributed by atoms with Crippen LogP contribution >= 0.6 is 0 Å². The van der Waals surface area contributed by atoms with Crippen LogP contribution in [-0.4, -0.2) is 29.2 Å². The fraction of sp³-hybridized carbons (Fsp3) is 0.833. The second-order valence-corrected chi connectivity index (χ2v) is 6.63. The summed E-state index contributed by atoms with van der Waals surface area (Å²) in [6.07, 6.45) is -5.02. The summed E-state index contributed by atoms with van der Waals surface area (Å²) in [5.41, 5.74) is -0.526. The summed E-state index contributed by atoms with van der Waals surface area (Å²) in [5, 5.41) is 10.9. The first-order chi connectivity index (χ1) is 8.83. The normalized spacial score (nSPS) is 58.4. The Balaban J connectivity index is 1.43. The van der Waals surface area contributed by atoms with Gasteiger partial charge >= 0.3 is 18.1 Å². The molecule has 2 N–H and O–H groups in total. The number of carbonyl (C=O) groups excluding carboxylic acids is 1. The van der Waals surface area contributed by atoms with Crippen molar-refractivity contribution in [2.24, 2.45) is 46.8 Å². The molecule has 0 spiro atoms. The minimum absolute atomic E-state index is 0.270. The van der Waals surface area contributed by atoms with Gasteiger partial charge in [-0.05, 0) is 41.4 Å². The molecule has 1 unspecified atom stereocenters. The lowest BCUT2D eigenvalue weighted by atomic mass is 8.96. The first kappa shape index (κ1) is 10.5. The number of rotatable bonds is 3. The molecule has 0 aromatic heterocycles. The van der Waals surface area contributed by atoms with Gasteiger partial charge in [0.1, 0.15) is 6.04 Å². The topological polar surface area (TPSA) is 66.4 Å². The zero-order valence-corrected chi connectivity index (χ0v) is 9.52. The number of carboxylic acids is 1. The Morgan fingerprint density at radius 3 is 1.89 bits per heavy atom. The van der Waals surface area contributed by atoms with Crippen molar-refractivity contribution >= 4 is 11.9 Å². The van der Waals surface area contributed by atoms with Gasteiger partial charge in [-0.3, -0.25) is 4.79 Å². The molecular weight excluding hydrogens is 263 g/mol. The van der Waals surface area contributed by atoms with Crippen LogP contribution in [0.4, 0.5) is 13.2 Å². The largest absolute Gasteiger partial charge is 0.480 e. The highest BCUT2D eigenvalue weighted by Crippen LogP contribution is 3.06. The third kappa shape index (κ3) is 0.686. The molecule has 7 heteroatoms. The van der Waals surface area contributed by atoms with Crippen LogP contribution in [0.5, 0.6) is 0 Å². The predicted octanol–water partition coefficient (Wildman–Crippen LogP) is 0.486. The van der Waals surface area contributed by atoms with Gasteiger partial charge in [0, 0.05) is 5.41 Å². The molecule has 0 saturated heterocycles. The molecule has 6 aliphatic carbocycles. The van der Waals surface area contributed by atoms with Gasteiger partial charge in [0.2, 0.25) is 0 Å². The quantitative estimate of drug-likeness (QED) is 0.786. The van der Waals surface area contributed by atoms with Gasteiger partial charge in [-0.15, -0.1) is 0 Å². The van der Waals surface area contributed by atoms with Crippen molar-refractivity contribution in [1.82, 2.24) is 5.32 Å². The zero-order chi connectivity index (χ0) is 13.5. The van der Waals surface area contributed by atoms with E-state index in [0.29, 0.717) is 17.8 Å². The van der Waals surface area contributed by atoms with Crippen LogP contribution in [0.25, 0.3) is 0 Å². The van der Waals surface area contributed by atoms with Crippen LogP contribution in [0.1, 0.15) is 0 Å². The summed E-state index contributed by atoms with van der Waals surface area (Å²) in [5.74, 6) is -0.221. The number of nitrogens with one attached hydrogen (secondary N) is 1. The fourth-order valence-electron chi connectivity index (χ4n) is 6.71. The van der Waals surface area contributed by atoms with Gasteiger partial charge in [-0.1, -0.05) is 0 Å². The zero-order valence-electron chi connectivity index (χ0n) is 9.52. The van der Waals surface area contributed by atoms with Crippen molar-refractivity contribution < 1.29 is 27.9 Å². The average molecular weight is 273 g/mol. The molecule has 1 amide bonds. The van der Waals surface area contributed by atoms with E-state index in [-0.39, 0.29) is 17.8 Å². The summed E-state index contributed by atoms with van der Waals surface area (Å²) in [4.78, 5) is 22.3. The minimum Gasteiger partial charge on any atom is -0.480 e. The Hall–Kier alpha value is -1.27. The van der Waals surface area contributed by atoms with Crippen LogP contribution in [-0.2, 0) is 9.59 Å².